The van der Waals surface area contributed by atoms with Crippen molar-refractivity contribution < 1.29 is 43.6 Å². The molecule has 0 atom stereocenters. The van der Waals surface area contributed by atoms with Crippen LogP contribution >= 0.6 is 0 Å². The van der Waals surface area contributed by atoms with Crippen LogP contribution in [0.15, 0.2) is 18.2 Å². The van der Waals surface area contributed by atoms with Crippen molar-refractivity contribution in [3.63, 3.8) is 0 Å². The van der Waals surface area contributed by atoms with Crippen molar-refractivity contribution in [2.75, 3.05) is 60.1 Å². The molecule has 0 bridgehead atoms. The van der Waals surface area contributed by atoms with Crippen LogP contribution in [-0.4, -0.2) is 109 Å². The van der Waals surface area contributed by atoms with Crippen LogP contribution in [0, 0.1) is 5.92 Å². The molecule has 1 aromatic carbocycles. The summed E-state index contributed by atoms with van der Waals surface area (Å²) in [7, 11) is 3.30. The minimum Gasteiger partial charge on any atom is -0.493 e. The van der Waals surface area contributed by atoms with E-state index in [2.05, 4.69) is 11.0 Å². The molecule has 1 aromatic rings. The van der Waals surface area contributed by atoms with Gasteiger partial charge in [-0.25, -0.2) is 14.4 Å². The lowest BCUT2D eigenvalue weighted by Gasteiger charge is -2.38. The Kier molecular flexibility index (Phi) is 11.3. The molecule has 12 nitrogen and oxygen atoms in total. The Bertz CT molecular complexity index is 896. The average Bonchev–Trinajstić information content (AvgIpc) is 2.89. The van der Waals surface area contributed by atoms with Gasteiger partial charge in [-0.2, -0.15) is 0 Å². The number of nitrogens with zero attached hydrogens (tertiary/aromatic N) is 3. The number of piperidine rings is 1. The van der Waals surface area contributed by atoms with Crippen LogP contribution < -0.4 is 9.47 Å². The maximum atomic E-state index is 12.9. The highest BCUT2D eigenvalue weighted by Crippen LogP contribution is 2.32. The SMILES string of the molecule is CCOC(=O)N1CCN(C(=O)C2CCN(Cc3cccc(OC)c3OC)CC2)CC1.O=C(O)C(=O)O. The lowest BCUT2D eigenvalue weighted by Crippen LogP contribution is -2.53. The zero-order valence-corrected chi connectivity index (χ0v) is 21.0. The number of benzene rings is 1. The van der Waals surface area contributed by atoms with Gasteiger partial charge in [-0.05, 0) is 38.9 Å². The number of ether oxygens (including phenoxy) is 3. The predicted octanol–water partition coefficient (Wildman–Crippen LogP) is 1.37. The zero-order chi connectivity index (χ0) is 26.7. The maximum Gasteiger partial charge on any atom is 0.414 e. The Balaban J connectivity index is 0.000000678. The second kappa shape index (κ2) is 14.1. The average molecular weight is 510 g/mol. The van der Waals surface area contributed by atoms with Gasteiger partial charge in [-0.15, -0.1) is 0 Å². The summed E-state index contributed by atoms with van der Waals surface area (Å²) in [5.41, 5.74) is 1.09. The number of amides is 2. The Morgan fingerprint density at radius 3 is 1.97 bits per heavy atom. The molecule has 2 N–H and O–H groups in total. The Labute approximate surface area is 210 Å². The molecule has 2 aliphatic heterocycles. The van der Waals surface area contributed by atoms with E-state index in [1.807, 2.05) is 17.0 Å². The number of rotatable bonds is 6. The first kappa shape index (κ1) is 28.7. The fourth-order valence-electron chi connectivity index (χ4n) is 4.24. The van der Waals surface area contributed by atoms with Gasteiger partial charge in [0.15, 0.2) is 11.5 Å². The lowest BCUT2D eigenvalue weighted by atomic mass is 9.94. The van der Waals surface area contributed by atoms with Crippen molar-refractivity contribution in [3.8, 4) is 11.5 Å². The first-order chi connectivity index (χ1) is 17.2. The monoisotopic (exact) mass is 509 g/mol. The Morgan fingerprint density at radius 2 is 1.47 bits per heavy atom. The number of aliphatic carboxylic acids is 2. The highest BCUT2D eigenvalue weighted by Gasteiger charge is 2.31. The first-order valence-corrected chi connectivity index (χ1v) is 11.8. The van der Waals surface area contributed by atoms with Crippen LogP contribution in [0.5, 0.6) is 11.5 Å². The third-order valence-electron chi connectivity index (χ3n) is 6.12. The molecule has 0 saturated carbocycles. The molecule has 12 heteroatoms. The van der Waals surface area contributed by atoms with E-state index in [-0.39, 0.29) is 17.9 Å². The smallest absolute Gasteiger partial charge is 0.414 e. The van der Waals surface area contributed by atoms with Gasteiger partial charge in [0.05, 0.1) is 20.8 Å². The van der Waals surface area contributed by atoms with Crippen molar-refractivity contribution in [1.82, 2.24) is 14.7 Å². The van der Waals surface area contributed by atoms with E-state index >= 15 is 0 Å². The summed E-state index contributed by atoms with van der Waals surface area (Å²) >= 11 is 0. The van der Waals surface area contributed by atoms with Gasteiger partial charge in [-0.1, -0.05) is 12.1 Å². The summed E-state index contributed by atoms with van der Waals surface area (Å²) in [6, 6.07) is 5.93. The molecule has 0 unspecified atom stereocenters. The van der Waals surface area contributed by atoms with E-state index in [1.54, 1.807) is 26.0 Å². The van der Waals surface area contributed by atoms with Crippen LogP contribution in [0.3, 0.4) is 0 Å². The highest BCUT2D eigenvalue weighted by atomic mass is 16.6. The highest BCUT2D eigenvalue weighted by molar-refractivity contribution is 6.27. The van der Waals surface area contributed by atoms with Crippen molar-refractivity contribution in [2.24, 2.45) is 5.92 Å². The van der Waals surface area contributed by atoms with Crippen LogP contribution in [0.25, 0.3) is 0 Å². The summed E-state index contributed by atoms with van der Waals surface area (Å²) in [5, 5.41) is 14.8. The van der Waals surface area contributed by atoms with Gasteiger partial charge in [-0.3, -0.25) is 9.69 Å². The number of methoxy groups -OCH3 is 2. The molecule has 2 fully saturated rings. The number of para-hydroxylation sites is 1. The number of carbonyl (C=O) groups is 4. The van der Waals surface area contributed by atoms with E-state index < -0.39 is 11.9 Å². The first-order valence-electron chi connectivity index (χ1n) is 11.8. The van der Waals surface area contributed by atoms with Gasteiger partial charge < -0.3 is 34.2 Å². The molecule has 0 aliphatic carbocycles. The molecule has 2 amide bonds. The predicted molar refractivity (Wildman–Crippen MR) is 128 cm³/mol. The molecule has 2 aliphatic rings. The fourth-order valence-corrected chi connectivity index (χ4v) is 4.24. The number of likely N-dealkylation sites (tertiary alicyclic amines) is 1. The van der Waals surface area contributed by atoms with Crippen molar-refractivity contribution in [3.05, 3.63) is 23.8 Å². The maximum absolute atomic E-state index is 12.9. The largest absolute Gasteiger partial charge is 0.493 e. The van der Waals surface area contributed by atoms with E-state index in [0.717, 1.165) is 49.5 Å². The fraction of sp³-hybridized carbons (Fsp3) is 0.583. The van der Waals surface area contributed by atoms with Crippen molar-refractivity contribution in [2.45, 2.75) is 26.3 Å². The normalized spacial score (nSPS) is 16.4. The molecule has 200 valence electrons. The number of carboxylic acid groups (broad SMARTS) is 2. The molecule has 0 spiro atoms. The third-order valence-corrected chi connectivity index (χ3v) is 6.12. The number of hydrogen-bond acceptors (Lipinski definition) is 8. The van der Waals surface area contributed by atoms with E-state index in [4.69, 9.17) is 34.0 Å². The number of carboxylic acids is 2. The molecule has 0 aromatic heterocycles. The third kappa shape index (κ3) is 8.01. The topological polar surface area (TPSA) is 146 Å². The molecular formula is C24H35N3O9. The number of piperazine rings is 1. The summed E-state index contributed by atoms with van der Waals surface area (Å²) in [6.07, 6.45) is 1.41. The molecule has 0 radical (unpaired) electrons. The summed E-state index contributed by atoms with van der Waals surface area (Å²) in [6.45, 7) is 6.95. The minimum absolute atomic E-state index is 0.0580. The molecule has 3 rings (SSSR count). The van der Waals surface area contributed by atoms with Gasteiger partial charge in [0.25, 0.3) is 0 Å². The number of hydrogen-bond donors (Lipinski definition) is 2. The van der Waals surface area contributed by atoms with Gasteiger partial charge >= 0.3 is 18.0 Å². The minimum atomic E-state index is -1.82. The summed E-state index contributed by atoms with van der Waals surface area (Å²) in [4.78, 5) is 48.9. The van der Waals surface area contributed by atoms with Gasteiger partial charge in [0.1, 0.15) is 0 Å². The second-order valence-electron chi connectivity index (χ2n) is 8.32. The summed E-state index contributed by atoms with van der Waals surface area (Å²) in [5.74, 6) is -1.86. The van der Waals surface area contributed by atoms with E-state index in [1.165, 1.54) is 0 Å². The Hall–Kier alpha value is -3.54. The standard InChI is InChI=1S/C22H33N3O5.C2H2O4/c1-4-30-22(27)25-14-12-24(13-15-25)21(26)17-8-10-23(11-9-17)16-18-6-5-7-19(28-2)20(18)29-3;3-1(4)2(5)6/h5-7,17H,4,8-16H2,1-3H3;(H,3,4)(H,5,6). The molecule has 36 heavy (non-hydrogen) atoms. The van der Waals surface area contributed by atoms with E-state index in [0.29, 0.717) is 32.8 Å². The van der Waals surface area contributed by atoms with Gasteiger partial charge in [0, 0.05) is 44.2 Å². The summed E-state index contributed by atoms with van der Waals surface area (Å²) < 4.78 is 16.0. The molecular weight excluding hydrogens is 474 g/mol. The molecule has 2 saturated heterocycles. The van der Waals surface area contributed by atoms with Crippen molar-refractivity contribution in [1.29, 1.82) is 0 Å². The quantitative estimate of drug-likeness (QED) is 0.539. The molecule has 2 heterocycles. The van der Waals surface area contributed by atoms with Gasteiger partial charge in [0.2, 0.25) is 5.91 Å². The van der Waals surface area contributed by atoms with Crippen molar-refractivity contribution >= 4 is 23.9 Å². The zero-order valence-electron chi connectivity index (χ0n) is 21.0. The second-order valence-corrected chi connectivity index (χ2v) is 8.32. The van der Waals surface area contributed by atoms with Crippen LogP contribution in [0.1, 0.15) is 25.3 Å². The Morgan fingerprint density at radius 1 is 0.889 bits per heavy atom. The number of carbonyl (C=O) groups excluding carboxylic acids is 2. The lowest BCUT2D eigenvalue weighted by molar-refractivity contribution is -0.159. The van der Waals surface area contributed by atoms with Crippen LogP contribution in [-0.2, 0) is 25.7 Å². The van der Waals surface area contributed by atoms with E-state index in [9.17, 15) is 9.59 Å². The van der Waals surface area contributed by atoms with Crippen LogP contribution in [0.2, 0.25) is 0 Å². The van der Waals surface area contributed by atoms with Crippen LogP contribution in [0.4, 0.5) is 4.79 Å².